The number of anilines is 1. The number of benzene rings is 2. The van der Waals surface area contributed by atoms with Crippen molar-refractivity contribution < 1.29 is 4.79 Å². The molecule has 0 atom stereocenters. The standard InChI is InChI=1S/C24H33N5O.HI/c1-25-24(26-15-12-19-8-7-9-20(18-19)23(30)28(2)3)27-21-13-16-29(17-14-21)22-10-5-4-6-11-22;/h4-11,18,21H,12-17H2,1-3H3,(H2,25,26,27);1H. The molecule has 0 aromatic heterocycles. The van der Waals surface area contributed by atoms with Crippen LogP contribution in [0, 0.1) is 0 Å². The van der Waals surface area contributed by atoms with Crippen molar-refractivity contribution in [1.82, 2.24) is 15.5 Å². The van der Waals surface area contributed by atoms with Gasteiger partial charge in [-0.2, -0.15) is 0 Å². The van der Waals surface area contributed by atoms with E-state index in [9.17, 15) is 4.79 Å². The molecule has 2 aromatic carbocycles. The predicted molar refractivity (Wildman–Crippen MR) is 140 cm³/mol. The topological polar surface area (TPSA) is 60.0 Å². The lowest BCUT2D eigenvalue weighted by Gasteiger charge is -2.34. The second-order valence-corrected chi connectivity index (χ2v) is 7.89. The summed E-state index contributed by atoms with van der Waals surface area (Å²) in [6, 6.07) is 18.9. The first-order chi connectivity index (χ1) is 14.6. The predicted octanol–water partition coefficient (Wildman–Crippen LogP) is 3.38. The number of nitrogens with one attached hydrogen (secondary N) is 2. The monoisotopic (exact) mass is 535 g/mol. The molecule has 6 nitrogen and oxygen atoms in total. The van der Waals surface area contributed by atoms with Gasteiger partial charge >= 0.3 is 0 Å². The third-order valence-corrected chi connectivity index (χ3v) is 5.47. The van der Waals surface area contributed by atoms with Gasteiger partial charge in [0, 0.05) is 58.1 Å². The van der Waals surface area contributed by atoms with Crippen LogP contribution in [0.15, 0.2) is 59.6 Å². The Hall–Kier alpha value is -2.29. The van der Waals surface area contributed by atoms with Crippen molar-refractivity contribution in [3.8, 4) is 0 Å². The van der Waals surface area contributed by atoms with E-state index in [0.29, 0.717) is 6.04 Å². The van der Waals surface area contributed by atoms with Crippen molar-refractivity contribution in [2.75, 3.05) is 45.7 Å². The Morgan fingerprint density at radius 2 is 1.81 bits per heavy atom. The first-order valence-corrected chi connectivity index (χ1v) is 10.6. The average Bonchev–Trinajstić information content (AvgIpc) is 2.79. The highest BCUT2D eigenvalue weighted by atomic mass is 127. The lowest BCUT2D eigenvalue weighted by atomic mass is 10.0. The Morgan fingerprint density at radius 3 is 2.45 bits per heavy atom. The number of carbonyl (C=O) groups excluding carboxylic acids is 1. The highest BCUT2D eigenvalue weighted by Gasteiger charge is 2.20. The molecule has 0 unspecified atom stereocenters. The molecule has 1 saturated heterocycles. The zero-order valence-corrected chi connectivity index (χ0v) is 21.0. The average molecular weight is 535 g/mol. The maximum atomic E-state index is 12.1. The smallest absolute Gasteiger partial charge is 0.253 e. The van der Waals surface area contributed by atoms with E-state index in [1.54, 1.807) is 19.0 Å². The Bertz CT molecular complexity index is 848. The second-order valence-electron chi connectivity index (χ2n) is 7.89. The number of hydrogen-bond donors (Lipinski definition) is 2. The number of piperidine rings is 1. The molecule has 1 fully saturated rings. The minimum Gasteiger partial charge on any atom is -0.371 e. The minimum atomic E-state index is 0. The Balaban J connectivity index is 0.00000341. The van der Waals surface area contributed by atoms with Gasteiger partial charge in [-0.1, -0.05) is 30.3 Å². The van der Waals surface area contributed by atoms with E-state index in [2.05, 4.69) is 56.9 Å². The van der Waals surface area contributed by atoms with E-state index in [4.69, 9.17) is 0 Å². The summed E-state index contributed by atoms with van der Waals surface area (Å²) in [5.41, 5.74) is 3.17. The van der Waals surface area contributed by atoms with E-state index in [1.165, 1.54) is 5.69 Å². The molecule has 0 saturated carbocycles. The van der Waals surface area contributed by atoms with Gasteiger partial charge in [-0.3, -0.25) is 9.79 Å². The van der Waals surface area contributed by atoms with Crippen LogP contribution in [0.25, 0.3) is 0 Å². The Kier molecular flexibility index (Phi) is 10.1. The summed E-state index contributed by atoms with van der Waals surface area (Å²) >= 11 is 0. The number of amides is 1. The molecule has 1 aliphatic rings. The Morgan fingerprint density at radius 1 is 1.10 bits per heavy atom. The maximum Gasteiger partial charge on any atom is 0.253 e. The van der Waals surface area contributed by atoms with Crippen LogP contribution in [0.5, 0.6) is 0 Å². The lowest BCUT2D eigenvalue weighted by molar-refractivity contribution is 0.0827. The molecule has 168 valence electrons. The summed E-state index contributed by atoms with van der Waals surface area (Å²) in [7, 11) is 5.36. The van der Waals surface area contributed by atoms with Crippen LogP contribution in [0.3, 0.4) is 0 Å². The Labute approximate surface area is 203 Å². The first-order valence-electron chi connectivity index (χ1n) is 10.6. The molecular formula is C24H34IN5O. The number of para-hydroxylation sites is 1. The molecule has 0 bridgehead atoms. The van der Waals surface area contributed by atoms with Gasteiger partial charge in [0.1, 0.15) is 0 Å². The molecule has 2 N–H and O–H groups in total. The summed E-state index contributed by atoms with van der Waals surface area (Å²) in [5.74, 6) is 0.873. The van der Waals surface area contributed by atoms with Gasteiger partial charge in [-0.15, -0.1) is 24.0 Å². The van der Waals surface area contributed by atoms with E-state index >= 15 is 0 Å². The normalized spacial score (nSPS) is 14.5. The molecule has 1 aliphatic heterocycles. The molecule has 1 heterocycles. The number of aliphatic imine (C=N–C) groups is 1. The fraction of sp³-hybridized carbons (Fsp3) is 0.417. The van der Waals surface area contributed by atoms with Crippen LogP contribution in [-0.2, 0) is 6.42 Å². The van der Waals surface area contributed by atoms with Crippen LogP contribution in [0.4, 0.5) is 5.69 Å². The molecule has 0 radical (unpaired) electrons. The van der Waals surface area contributed by atoms with Crippen LogP contribution in [0.1, 0.15) is 28.8 Å². The lowest BCUT2D eigenvalue weighted by Crippen LogP contribution is -2.49. The van der Waals surface area contributed by atoms with Crippen molar-refractivity contribution >= 4 is 41.5 Å². The molecule has 0 aliphatic carbocycles. The quantitative estimate of drug-likeness (QED) is 0.339. The molecule has 0 spiro atoms. The van der Waals surface area contributed by atoms with Crippen LogP contribution in [0.2, 0.25) is 0 Å². The van der Waals surface area contributed by atoms with E-state index in [1.807, 2.05) is 25.2 Å². The van der Waals surface area contributed by atoms with Crippen LogP contribution in [-0.4, -0.2) is 63.6 Å². The van der Waals surface area contributed by atoms with Crippen molar-refractivity contribution in [3.63, 3.8) is 0 Å². The van der Waals surface area contributed by atoms with E-state index < -0.39 is 0 Å². The number of carbonyl (C=O) groups is 1. The number of halogens is 1. The van der Waals surface area contributed by atoms with Crippen LogP contribution >= 0.6 is 24.0 Å². The fourth-order valence-electron chi connectivity index (χ4n) is 3.75. The van der Waals surface area contributed by atoms with E-state index in [0.717, 1.165) is 56.0 Å². The SMILES string of the molecule is CN=C(NCCc1cccc(C(=O)N(C)C)c1)NC1CCN(c2ccccc2)CC1.I. The summed E-state index contributed by atoms with van der Waals surface area (Å²) in [5, 5.41) is 6.97. The number of hydrogen-bond acceptors (Lipinski definition) is 3. The number of rotatable bonds is 6. The van der Waals surface area contributed by atoms with Gasteiger partial charge in [-0.05, 0) is 49.1 Å². The molecule has 3 rings (SSSR count). The largest absolute Gasteiger partial charge is 0.371 e. The zero-order chi connectivity index (χ0) is 21.3. The summed E-state index contributed by atoms with van der Waals surface area (Å²) < 4.78 is 0. The van der Waals surface area contributed by atoms with Gasteiger partial charge < -0.3 is 20.4 Å². The van der Waals surface area contributed by atoms with Crippen molar-refractivity contribution in [2.45, 2.75) is 25.3 Å². The summed E-state index contributed by atoms with van der Waals surface area (Å²) in [6.07, 6.45) is 3.01. The molecule has 7 heteroatoms. The number of guanidine groups is 1. The zero-order valence-electron chi connectivity index (χ0n) is 18.7. The van der Waals surface area contributed by atoms with Gasteiger partial charge in [0.15, 0.2) is 5.96 Å². The first kappa shape index (κ1) is 25.0. The van der Waals surface area contributed by atoms with Gasteiger partial charge in [-0.25, -0.2) is 0 Å². The second kappa shape index (κ2) is 12.5. The van der Waals surface area contributed by atoms with Gasteiger partial charge in [0.2, 0.25) is 0 Å². The summed E-state index contributed by atoms with van der Waals surface area (Å²) in [4.78, 5) is 20.6. The third-order valence-electron chi connectivity index (χ3n) is 5.47. The van der Waals surface area contributed by atoms with Crippen LogP contribution < -0.4 is 15.5 Å². The molecular weight excluding hydrogens is 501 g/mol. The van der Waals surface area contributed by atoms with Gasteiger partial charge in [0.25, 0.3) is 5.91 Å². The third kappa shape index (κ3) is 7.41. The van der Waals surface area contributed by atoms with Gasteiger partial charge in [0.05, 0.1) is 0 Å². The summed E-state index contributed by atoms with van der Waals surface area (Å²) in [6.45, 7) is 2.86. The highest BCUT2D eigenvalue weighted by Crippen LogP contribution is 2.19. The van der Waals surface area contributed by atoms with Crippen molar-refractivity contribution in [2.24, 2.45) is 4.99 Å². The molecule has 2 aromatic rings. The van der Waals surface area contributed by atoms with Crippen molar-refractivity contribution in [3.05, 3.63) is 65.7 Å². The number of nitrogens with zero attached hydrogens (tertiary/aromatic N) is 3. The minimum absolute atomic E-state index is 0. The molecule has 31 heavy (non-hydrogen) atoms. The fourth-order valence-corrected chi connectivity index (χ4v) is 3.75. The molecule has 1 amide bonds. The highest BCUT2D eigenvalue weighted by molar-refractivity contribution is 14.0. The van der Waals surface area contributed by atoms with E-state index in [-0.39, 0.29) is 29.9 Å². The van der Waals surface area contributed by atoms with Crippen molar-refractivity contribution in [1.29, 1.82) is 0 Å². The maximum absolute atomic E-state index is 12.1.